The average molecular weight is 389 g/mol. The van der Waals surface area contributed by atoms with Gasteiger partial charge in [0, 0.05) is 43.4 Å². The van der Waals surface area contributed by atoms with Crippen molar-refractivity contribution in [2.75, 3.05) is 19.7 Å². The number of aliphatic hydroxyl groups excluding tert-OH is 1. The van der Waals surface area contributed by atoms with Gasteiger partial charge in [0.1, 0.15) is 17.2 Å². The fraction of sp³-hybridized carbons (Fsp3) is 0.217. The predicted octanol–water partition coefficient (Wildman–Crippen LogP) is 3.75. The first-order valence-electron chi connectivity index (χ1n) is 9.70. The van der Waals surface area contributed by atoms with Gasteiger partial charge in [0.05, 0.1) is 0 Å². The number of nitrogens with zero attached hydrogens (tertiary/aromatic N) is 3. The van der Waals surface area contributed by atoms with Crippen LogP contribution in [-0.2, 0) is 0 Å². The minimum atomic E-state index is -0.243. The second-order valence-corrected chi connectivity index (χ2v) is 7.54. The smallest absolute Gasteiger partial charge is 0.274 e. The van der Waals surface area contributed by atoms with E-state index in [-0.39, 0.29) is 24.2 Å². The molecule has 0 aliphatic carbocycles. The number of pyridine rings is 1. The van der Waals surface area contributed by atoms with Crippen molar-refractivity contribution in [3.05, 3.63) is 72.4 Å². The Kier molecular flexibility index (Phi) is 4.28. The van der Waals surface area contributed by atoms with Gasteiger partial charge in [0.15, 0.2) is 0 Å². The number of fused-ring (bicyclic) bond motifs is 2. The molecule has 146 valence electrons. The number of imidazole rings is 1. The first-order chi connectivity index (χ1) is 14.1. The molecule has 1 saturated heterocycles. The Morgan fingerprint density at radius 1 is 1.10 bits per heavy atom. The first-order valence-corrected chi connectivity index (χ1v) is 9.70. The number of carbonyl (C=O) groups is 1. The highest BCUT2D eigenvalue weighted by molar-refractivity contribution is 5.97. The molecule has 1 amide bonds. The zero-order chi connectivity index (χ0) is 20.0. The largest absolute Gasteiger partial charge is 0.396 e. The summed E-state index contributed by atoms with van der Waals surface area (Å²) in [6.45, 7) is 1.31. The van der Waals surface area contributed by atoms with E-state index in [0.29, 0.717) is 29.8 Å². The van der Waals surface area contributed by atoms with E-state index in [0.717, 1.165) is 22.9 Å². The van der Waals surface area contributed by atoms with E-state index < -0.39 is 0 Å². The van der Waals surface area contributed by atoms with Gasteiger partial charge in [-0.3, -0.25) is 4.79 Å². The summed E-state index contributed by atoms with van der Waals surface area (Å²) in [5.74, 6) is -0.208. The topological polar surface area (TPSA) is 57.8 Å². The highest BCUT2D eigenvalue weighted by Crippen LogP contribution is 2.30. The van der Waals surface area contributed by atoms with Gasteiger partial charge in [-0.1, -0.05) is 30.3 Å². The van der Waals surface area contributed by atoms with Crippen LogP contribution in [-0.4, -0.2) is 45.0 Å². The molecule has 2 aromatic heterocycles. The molecule has 0 spiro atoms. The van der Waals surface area contributed by atoms with E-state index in [4.69, 9.17) is 0 Å². The number of rotatable bonds is 3. The van der Waals surface area contributed by atoms with Crippen LogP contribution in [0.5, 0.6) is 0 Å². The average Bonchev–Trinajstić information content (AvgIpc) is 3.40. The Morgan fingerprint density at radius 3 is 2.72 bits per heavy atom. The summed E-state index contributed by atoms with van der Waals surface area (Å²) in [5, 5.41) is 10.7. The Balaban J connectivity index is 1.52. The van der Waals surface area contributed by atoms with Crippen molar-refractivity contribution in [2.24, 2.45) is 5.92 Å². The van der Waals surface area contributed by atoms with Crippen LogP contribution in [0, 0.1) is 11.7 Å². The van der Waals surface area contributed by atoms with Gasteiger partial charge in [-0.15, -0.1) is 0 Å². The van der Waals surface area contributed by atoms with Crippen molar-refractivity contribution in [1.82, 2.24) is 14.3 Å². The summed E-state index contributed by atoms with van der Waals surface area (Å²) >= 11 is 0. The number of hydrogen-bond donors (Lipinski definition) is 1. The van der Waals surface area contributed by atoms with Gasteiger partial charge < -0.3 is 14.4 Å². The third kappa shape index (κ3) is 3.06. The molecule has 6 heteroatoms. The fourth-order valence-electron chi connectivity index (χ4n) is 4.10. The summed E-state index contributed by atoms with van der Waals surface area (Å²) in [4.78, 5) is 19.0. The number of aliphatic hydroxyl groups is 1. The molecule has 0 bridgehead atoms. The van der Waals surface area contributed by atoms with E-state index in [1.165, 1.54) is 6.07 Å². The minimum absolute atomic E-state index is 0.101. The zero-order valence-corrected chi connectivity index (χ0v) is 15.8. The molecule has 1 unspecified atom stereocenters. The van der Waals surface area contributed by atoms with Gasteiger partial charge >= 0.3 is 0 Å². The van der Waals surface area contributed by atoms with Crippen LogP contribution < -0.4 is 0 Å². The lowest BCUT2D eigenvalue weighted by molar-refractivity contribution is 0.0776. The molecule has 1 N–H and O–H groups in total. The lowest BCUT2D eigenvalue weighted by atomic mass is 9.99. The fourth-order valence-corrected chi connectivity index (χ4v) is 4.10. The number of hydrogen-bond acceptors (Lipinski definition) is 3. The molecule has 1 aliphatic rings. The molecule has 29 heavy (non-hydrogen) atoms. The van der Waals surface area contributed by atoms with Crippen molar-refractivity contribution >= 4 is 22.3 Å². The van der Waals surface area contributed by atoms with Crippen LogP contribution in [0.2, 0.25) is 0 Å². The Bertz CT molecular complexity index is 1230. The van der Waals surface area contributed by atoms with E-state index in [1.807, 2.05) is 40.9 Å². The van der Waals surface area contributed by atoms with Gasteiger partial charge in [-0.2, -0.15) is 0 Å². The van der Waals surface area contributed by atoms with E-state index in [1.54, 1.807) is 23.2 Å². The van der Waals surface area contributed by atoms with Crippen LogP contribution in [0.4, 0.5) is 4.39 Å². The quantitative estimate of drug-likeness (QED) is 0.581. The molecule has 5 nitrogen and oxygen atoms in total. The van der Waals surface area contributed by atoms with Crippen LogP contribution in [0.3, 0.4) is 0 Å². The zero-order valence-electron chi connectivity index (χ0n) is 15.8. The summed E-state index contributed by atoms with van der Waals surface area (Å²) in [6, 6.07) is 14.5. The number of aromatic nitrogens is 2. The van der Waals surface area contributed by atoms with E-state index in [2.05, 4.69) is 4.98 Å². The van der Waals surface area contributed by atoms with Crippen molar-refractivity contribution in [3.63, 3.8) is 0 Å². The SMILES string of the molecule is O=C(c1cn2cc(-c3ccc(F)c4ccccc34)ccc2n1)N1CCC(CO)C1. The lowest BCUT2D eigenvalue weighted by Crippen LogP contribution is -2.29. The monoisotopic (exact) mass is 389 g/mol. The van der Waals surface area contributed by atoms with Gasteiger partial charge in [0.25, 0.3) is 5.91 Å². The standard InChI is InChI=1S/C23H20FN3O2/c24-20-7-6-17(18-3-1-2-4-19(18)20)16-5-8-22-25-21(13-27(22)12-16)23(29)26-10-9-15(11-26)14-28/h1-8,12-13,15,28H,9-11,14H2. The Morgan fingerprint density at radius 2 is 1.93 bits per heavy atom. The lowest BCUT2D eigenvalue weighted by Gasteiger charge is -2.14. The summed E-state index contributed by atoms with van der Waals surface area (Å²) < 4.78 is 16.0. The van der Waals surface area contributed by atoms with Gasteiger partial charge in [0.2, 0.25) is 0 Å². The van der Waals surface area contributed by atoms with Crippen LogP contribution in [0.1, 0.15) is 16.9 Å². The van der Waals surface area contributed by atoms with Crippen molar-refractivity contribution < 1.29 is 14.3 Å². The van der Waals surface area contributed by atoms with Gasteiger partial charge in [-0.25, -0.2) is 9.37 Å². The molecule has 1 fully saturated rings. The normalized spacial score (nSPS) is 16.8. The van der Waals surface area contributed by atoms with Crippen LogP contribution in [0.15, 0.2) is 60.9 Å². The molecule has 1 atom stereocenters. The molecule has 2 aromatic carbocycles. The number of amides is 1. The highest BCUT2D eigenvalue weighted by Gasteiger charge is 2.27. The number of halogens is 1. The second kappa shape index (κ2) is 6.97. The summed E-state index contributed by atoms with van der Waals surface area (Å²) in [5.41, 5.74) is 2.92. The predicted molar refractivity (Wildman–Crippen MR) is 109 cm³/mol. The molecule has 4 aromatic rings. The maximum absolute atomic E-state index is 14.2. The summed E-state index contributed by atoms with van der Waals surface area (Å²) in [6.07, 6.45) is 4.47. The third-order valence-electron chi connectivity index (χ3n) is 5.68. The number of benzene rings is 2. The molecular weight excluding hydrogens is 369 g/mol. The molecule has 5 rings (SSSR count). The molecular formula is C23H20FN3O2. The van der Waals surface area contributed by atoms with Crippen LogP contribution in [0.25, 0.3) is 27.5 Å². The maximum Gasteiger partial charge on any atom is 0.274 e. The highest BCUT2D eigenvalue weighted by atomic mass is 19.1. The van der Waals surface area contributed by atoms with Crippen molar-refractivity contribution in [2.45, 2.75) is 6.42 Å². The molecule has 0 radical (unpaired) electrons. The second-order valence-electron chi connectivity index (χ2n) is 7.54. The van der Waals surface area contributed by atoms with Gasteiger partial charge in [-0.05, 0) is 41.1 Å². The summed E-state index contributed by atoms with van der Waals surface area (Å²) in [7, 11) is 0. The Hall–Kier alpha value is -3.25. The Labute approximate surface area is 167 Å². The molecule has 3 heterocycles. The molecule has 0 saturated carbocycles. The first kappa shape index (κ1) is 17.8. The van der Waals surface area contributed by atoms with E-state index in [9.17, 15) is 14.3 Å². The van der Waals surface area contributed by atoms with Crippen molar-refractivity contribution in [1.29, 1.82) is 0 Å². The third-order valence-corrected chi connectivity index (χ3v) is 5.68. The number of carbonyl (C=O) groups excluding carboxylic acids is 1. The maximum atomic E-state index is 14.2. The van der Waals surface area contributed by atoms with Crippen LogP contribution >= 0.6 is 0 Å². The van der Waals surface area contributed by atoms with Crippen molar-refractivity contribution in [3.8, 4) is 11.1 Å². The number of likely N-dealkylation sites (tertiary alicyclic amines) is 1. The molecule has 1 aliphatic heterocycles. The van der Waals surface area contributed by atoms with E-state index >= 15 is 0 Å². The minimum Gasteiger partial charge on any atom is -0.396 e.